The maximum absolute atomic E-state index is 12.6. The molecule has 0 aliphatic rings. The van der Waals surface area contributed by atoms with Gasteiger partial charge < -0.3 is 20.3 Å². The second-order valence-electron chi connectivity index (χ2n) is 6.99. The van der Waals surface area contributed by atoms with Gasteiger partial charge in [-0.1, -0.05) is 41.4 Å². The van der Waals surface area contributed by atoms with Crippen LogP contribution in [0.5, 0.6) is 5.75 Å². The highest BCUT2D eigenvalue weighted by Gasteiger charge is 2.31. The number of rotatable bonds is 8. The van der Waals surface area contributed by atoms with Crippen LogP contribution in [0, 0.1) is 0 Å². The summed E-state index contributed by atoms with van der Waals surface area (Å²) >= 11 is 12.3. The summed E-state index contributed by atoms with van der Waals surface area (Å²) in [5.41, 5.74) is 1.34. The molecule has 0 saturated heterocycles. The van der Waals surface area contributed by atoms with Crippen LogP contribution >= 0.6 is 23.2 Å². The number of ether oxygens (including phenoxy) is 1. The number of nitrogens with zero attached hydrogens (tertiary/aromatic N) is 3. The molecule has 0 aliphatic heterocycles. The van der Waals surface area contributed by atoms with E-state index < -0.39 is 6.36 Å². The number of alkyl halides is 3. The van der Waals surface area contributed by atoms with E-state index in [1.807, 2.05) is 19.0 Å². The smallest absolute Gasteiger partial charge is 0.406 e. The number of anilines is 3. The zero-order valence-corrected chi connectivity index (χ0v) is 18.7. The van der Waals surface area contributed by atoms with Crippen LogP contribution < -0.4 is 15.4 Å². The van der Waals surface area contributed by atoms with E-state index in [9.17, 15) is 13.2 Å². The van der Waals surface area contributed by atoms with Gasteiger partial charge in [0, 0.05) is 24.7 Å². The summed E-state index contributed by atoms with van der Waals surface area (Å²) in [6, 6.07) is 12.3. The fourth-order valence-corrected chi connectivity index (χ4v) is 3.07. The average Bonchev–Trinajstić information content (AvgIpc) is 2.70. The standard InChI is InChI=1S/C21H20Cl2F3N5O/c1-31(2)10-9-27-20-29-17(13-5-3-6-14(11-13)32-21(24,25)26)12-18(30-20)28-16-8-4-7-15(22)19(16)23/h3-8,11-12H,9-10H2,1-2H3,(H2,27,28,29,30). The van der Waals surface area contributed by atoms with Crippen molar-refractivity contribution in [3.63, 3.8) is 0 Å². The normalized spacial score (nSPS) is 11.5. The fourth-order valence-electron chi connectivity index (χ4n) is 2.72. The molecule has 0 atom stereocenters. The molecule has 6 nitrogen and oxygen atoms in total. The first-order valence-corrected chi connectivity index (χ1v) is 10.2. The molecule has 1 aromatic heterocycles. The molecule has 0 aliphatic carbocycles. The van der Waals surface area contributed by atoms with Crippen LogP contribution in [0.15, 0.2) is 48.5 Å². The van der Waals surface area contributed by atoms with E-state index in [2.05, 4.69) is 25.3 Å². The lowest BCUT2D eigenvalue weighted by atomic mass is 10.1. The molecule has 0 radical (unpaired) electrons. The summed E-state index contributed by atoms with van der Waals surface area (Å²) in [5.74, 6) is 0.337. The largest absolute Gasteiger partial charge is 0.573 e. The van der Waals surface area contributed by atoms with Crippen LogP contribution in [0.3, 0.4) is 0 Å². The minimum Gasteiger partial charge on any atom is -0.406 e. The van der Waals surface area contributed by atoms with Gasteiger partial charge in [0.25, 0.3) is 0 Å². The van der Waals surface area contributed by atoms with Gasteiger partial charge in [0.2, 0.25) is 5.95 Å². The zero-order valence-electron chi connectivity index (χ0n) is 17.2. The summed E-state index contributed by atoms with van der Waals surface area (Å²) in [4.78, 5) is 10.9. The van der Waals surface area contributed by atoms with Crippen LogP contribution in [-0.2, 0) is 0 Å². The van der Waals surface area contributed by atoms with Gasteiger partial charge in [-0.3, -0.25) is 0 Å². The van der Waals surface area contributed by atoms with Gasteiger partial charge in [-0.05, 0) is 38.4 Å². The number of hydrogen-bond acceptors (Lipinski definition) is 6. The number of halogens is 5. The van der Waals surface area contributed by atoms with Gasteiger partial charge in [0.1, 0.15) is 11.6 Å². The molecular formula is C21H20Cl2F3N5O. The fraction of sp³-hybridized carbons (Fsp3) is 0.238. The quantitative estimate of drug-likeness (QED) is 0.403. The Labute approximate surface area is 193 Å². The topological polar surface area (TPSA) is 62.3 Å². The number of aromatic nitrogens is 2. The van der Waals surface area contributed by atoms with Crippen molar-refractivity contribution >= 4 is 40.7 Å². The lowest BCUT2D eigenvalue weighted by Crippen LogP contribution is -2.21. The van der Waals surface area contributed by atoms with Crippen molar-refractivity contribution in [3.8, 4) is 17.0 Å². The van der Waals surface area contributed by atoms with Gasteiger partial charge in [-0.15, -0.1) is 13.2 Å². The molecule has 1 heterocycles. The number of nitrogens with one attached hydrogen (secondary N) is 2. The molecule has 2 N–H and O–H groups in total. The first kappa shape index (κ1) is 23.9. The highest BCUT2D eigenvalue weighted by molar-refractivity contribution is 6.43. The Balaban J connectivity index is 1.96. The number of benzene rings is 2. The molecule has 170 valence electrons. The summed E-state index contributed by atoms with van der Waals surface area (Å²) < 4.78 is 41.9. The second kappa shape index (κ2) is 10.2. The van der Waals surface area contributed by atoms with Crippen LogP contribution in [0.4, 0.5) is 30.6 Å². The van der Waals surface area contributed by atoms with E-state index in [0.29, 0.717) is 45.3 Å². The van der Waals surface area contributed by atoms with Crippen molar-refractivity contribution in [2.24, 2.45) is 0 Å². The predicted molar refractivity (Wildman–Crippen MR) is 121 cm³/mol. The Hall–Kier alpha value is -2.75. The van der Waals surface area contributed by atoms with Crippen LogP contribution in [0.25, 0.3) is 11.3 Å². The van der Waals surface area contributed by atoms with E-state index in [1.54, 1.807) is 30.3 Å². The highest BCUT2D eigenvalue weighted by Crippen LogP contribution is 2.33. The number of likely N-dealkylation sites (N-methyl/N-ethyl adjacent to an activating group) is 1. The lowest BCUT2D eigenvalue weighted by molar-refractivity contribution is -0.274. The Bertz CT molecular complexity index is 1080. The molecule has 0 unspecified atom stereocenters. The predicted octanol–water partition coefficient (Wildman–Crippen LogP) is 6.07. The highest BCUT2D eigenvalue weighted by atomic mass is 35.5. The maximum atomic E-state index is 12.6. The Kier molecular flexibility index (Phi) is 7.65. The SMILES string of the molecule is CN(C)CCNc1nc(Nc2cccc(Cl)c2Cl)cc(-c2cccc(OC(F)(F)F)c2)n1. The van der Waals surface area contributed by atoms with E-state index in [4.69, 9.17) is 23.2 Å². The summed E-state index contributed by atoms with van der Waals surface area (Å²) in [5, 5.41) is 6.89. The minimum absolute atomic E-state index is 0.298. The molecule has 2 aromatic carbocycles. The van der Waals surface area contributed by atoms with E-state index >= 15 is 0 Å². The molecule has 0 spiro atoms. The van der Waals surface area contributed by atoms with Gasteiger partial charge in [0.05, 0.1) is 21.4 Å². The van der Waals surface area contributed by atoms with Gasteiger partial charge >= 0.3 is 6.36 Å². The molecule has 11 heteroatoms. The van der Waals surface area contributed by atoms with Crippen molar-refractivity contribution in [1.29, 1.82) is 0 Å². The van der Waals surface area contributed by atoms with Crippen LogP contribution in [-0.4, -0.2) is 48.4 Å². The summed E-state index contributed by atoms with van der Waals surface area (Å²) in [6.45, 7) is 1.29. The van der Waals surface area contributed by atoms with Gasteiger partial charge in [0.15, 0.2) is 0 Å². The average molecular weight is 486 g/mol. The summed E-state index contributed by atoms with van der Waals surface area (Å²) in [7, 11) is 3.86. The Morgan fingerprint density at radius 2 is 1.78 bits per heavy atom. The van der Waals surface area contributed by atoms with E-state index in [-0.39, 0.29) is 5.75 Å². The van der Waals surface area contributed by atoms with Crippen molar-refractivity contribution < 1.29 is 17.9 Å². The first-order chi connectivity index (χ1) is 15.1. The third-order valence-electron chi connectivity index (χ3n) is 4.15. The van der Waals surface area contributed by atoms with Crippen molar-refractivity contribution in [1.82, 2.24) is 14.9 Å². The van der Waals surface area contributed by atoms with Gasteiger partial charge in [-0.25, -0.2) is 4.98 Å². The van der Waals surface area contributed by atoms with Crippen molar-refractivity contribution in [2.75, 3.05) is 37.8 Å². The molecule has 3 rings (SSSR count). The lowest BCUT2D eigenvalue weighted by Gasteiger charge is -2.15. The van der Waals surface area contributed by atoms with Crippen LogP contribution in [0.1, 0.15) is 0 Å². The van der Waals surface area contributed by atoms with E-state index in [0.717, 1.165) is 6.54 Å². The molecule has 0 fully saturated rings. The minimum atomic E-state index is -4.79. The van der Waals surface area contributed by atoms with Gasteiger partial charge in [-0.2, -0.15) is 4.98 Å². The Morgan fingerprint density at radius 1 is 1.03 bits per heavy atom. The first-order valence-electron chi connectivity index (χ1n) is 9.45. The van der Waals surface area contributed by atoms with Crippen LogP contribution in [0.2, 0.25) is 10.0 Å². The second-order valence-corrected chi connectivity index (χ2v) is 7.78. The molecule has 32 heavy (non-hydrogen) atoms. The molecular weight excluding hydrogens is 466 g/mol. The summed E-state index contributed by atoms with van der Waals surface area (Å²) in [6.07, 6.45) is -4.79. The van der Waals surface area contributed by atoms with E-state index in [1.165, 1.54) is 18.2 Å². The maximum Gasteiger partial charge on any atom is 0.573 e. The zero-order chi connectivity index (χ0) is 23.3. The third-order valence-corrected chi connectivity index (χ3v) is 4.96. The van der Waals surface area contributed by atoms with Crippen molar-refractivity contribution in [2.45, 2.75) is 6.36 Å². The number of hydrogen-bond donors (Lipinski definition) is 2. The molecule has 0 bridgehead atoms. The van der Waals surface area contributed by atoms with Crippen molar-refractivity contribution in [3.05, 3.63) is 58.6 Å². The third kappa shape index (κ3) is 6.88. The molecule has 3 aromatic rings. The monoisotopic (exact) mass is 485 g/mol. The molecule has 0 saturated carbocycles. The Morgan fingerprint density at radius 3 is 2.50 bits per heavy atom. The molecule has 0 amide bonds.